The van der Waals surface area contributed by atoms with Crippen LogP contribution in [0.1, 0.15) is 16.7 Å². The van der Waals surface area contributed by atoms with Gasteiger partial charge in [0.1, 0.15) is 23.9 Å². The summed E-state index contributed by atoms with van der Waals surface area (Å²) in [5.74, 6) is 2.00. The number of methoxy groups -OCH3 is 2. The van der Waals surface area contributed by atoms with E-state index in [2.05, 4.69) is 42.6 Å². The van der Waals surface area contributed by atoms with Gasteiger partial charge in [-0.2, -0.15) is 0 Å². The molecule has 1 saturated heterocycles. The zero-order valence-electron chi connectivity index (χ0n) is 19.3. The van der Waals surface area contributed by atoms with E-state index in [1.807, 2.05) is 30.3 Å². The van der Waals surface area contributed by atoms with E-state index in [1.165, 1.54) is 16.7 Å². The standard InChI is InChI=1S/C27H31NO5/c1-18-20(10-7-11-22(18)19-8-5-4-6-9-19)15-33-21-12-26(30-2)23(27(13-21)31-3)14-28-24-16-32-17-25(24)29/h4-13,24-25,28-29H,14-17H2,1-3H3/t24-,25-/m0/s1. The first kappa shape index (κ1) is 23.1. The first-order valence-corrected chi connectivity index (χ1v) is 11.1. The third-order valence-electron chi connectivity index (χ3n) is 6.10. The monoisotopic (exact) mass is 449 g/mol. The quantitative estimate of drug-likeness (QED) is 0.513. The Balaban J connectivity index is 1.51. The molecule has 174 valence electrons. The molecular formula is C27H31NO5. The van der Waals surface area contributed by atoms with Gasteiger partial charge in [-0.1, -0.05) is 48.5 Å². The van der Waals surface area contributed by atoms with E-state index in [9.17, 15) is 5.11 Å². The molecule has 3 aromatic rings. The smallest absolute Gasteiger partial charge is 0.130 e. The van der Waals surface area contributed by atoms with Crippen LogP contribution in [0.25, 0.3) is 11.1 Å². The highest BCUT2D eigenvalue weighted by Gasteiger charge is 2.26. The zero-order chi connectivity index (χ0) is 23.2. The van der Waals surface area contributed by atoms with E-state index < -0.39 is 6.10 Å². The van der Waals surface area contributed by atoms with Gasteiger partial charge >= 0.3 is 0 Å². The molecule has 4 rings (SSSR count). The number of ether oxygens (including phenoxy) is 4. The van der Waals surface area contributed by atoms with Crippen LogP contribution in [0.2, 0.25) is 0 Å². The second-order valence-electron chi connectivity index (χ2n) is 8.14. The summed E-state index contributed by atoms with van der Waals surface area (Å²) in [7, 11) is 3.26. The van der Waals surface area contributed by atoms with E-state index in [0.717, 1.165) is 11.1 Å². The maximum absolute atomic E-state index is 9.99. The van der Waals surface area contributed by atoms with Crippen molar-refractivity contribution >= 4 is 0 Å². The number of benzene rings is 3. The van der Waals surface area contributed by atoms with Crippen molar-refractivity contribution in [2.45, 2.75) is 32.2 Å². The number of nitrogens with one attached hydrogen (secondary N) is 1. The van der Waals surface area contributed by atoms with Crippen molar-refractivity contribution in [1.29, 1.82) is 0 Å². The van der Waals surface area contributed by atoms with Crippen molar-refractivity contribution < 1.29 is 24.1 Å². The Morgan fingerprint density at radius 1 is 0.970 bits per heavy atom. The Labute approximate surface area is 195 Å². The molecule has 2 N–H and O–H groups in total. The normalized spacial score (nSPS) is 17.7. The van der Waals surface area contributed by atoms with Gasteiger partial charge in [0.2, 0.25) is 0 Å². The zero-order valence-corrected chi connectivity index (χ0v) is 19.3. The molecule has 0 spiro atoms. The molecule has 3 aromatic carbocycles. The van der Waals surface area contributed by atoms with Crippen LogP contribution in [-0.4, -0.2) is 44.7 Å². The van der Waals surface area contributed by atoms with Gasteiger partial charge in [-0.25, -0.2) is 0 Å². The SMILES string of the molecule is COc1cc(OCc2cccc(-c3ccccc3)c2C)cc(OC)c1CN[C@H]1COC[C@@H]1O. The lowest BCUT2D eigenvalue weighted by Gasteiger charge is -2.19. The van der Waals surface area contributed by atoms with Crippen LogP contribution in [0.3, 0.4) is 0 Å². The summed E-state index contributed by atoms with van der Waals surface area (Å²) in [5.41, 5.74) is 5.57. The summed E-state index contributed by atoms with van der Waals surface area (Å²) >= 11 is 0. The molecule has 0 radical (unpaired) electrons. The Morgan fingerprint density at radius 3 is 2.33 bits per heavy atom. The molecule has 2 atom stereocenters. The lowest BCUT2D eigenvalue weighted by molar-refractivity contribution is 0.122. The van der Waals surface area contributed by atoms with Crippen LogP contribution < -0.4 is 19.5 Å². The number of hydrogen-bond acceptors (Lipinski definition) is 6. The third-order valence-corrected chi connectivity index (χ3v) is 6.10. The minimum absolute atomic E-state index is 0.116. The van der Waals surface area contributed by atoms with Crippen LogP contribution >= 0.6 is 0 Å². The minimum atomic E-state index is -0.514. The third kappa shape index (κ3) is 5.30. The first-order chi connectivity index (χ1) is 16.1. The molecule has 0 saturated carbocycles. The molecule has 0 amide bonds. The summed E-state index contributed by atoms with van der Waals surface area (Å²) in [4.78, 5) is 0. The number of rotatable bonds is 9. The molecule has 1 aliphatic heterocycles. The minimum Gasteiger partial charge on any atom is -0.496 e. The van der Waals surface area contributed by atoms with E-state index in [4.69, 9.17) is 18.9 Å². The highest BCUT2D eigenvalue weighted by Crippen LogP contribution is 2.35. The molecule has 6 heteroatoms. The first-order valence-electron chi connectivity index (χ1n) is 11.1. The summed E-state index contributed by atoms with van der Waals surface area (Å²) in [6, 6.07) is 20.3. The van der Waals surface area contributed by atoms with Gasteiger partial charge in [-0.3, -0.25) is 0 Å². The molecule has 0 bridgehead atoms. The van der Waals surface area contributed by atoms with Gasteiger partial charge in [-0.05, 0) is 29.2 Å². The molecular weight excluding hydrogens is 418 g/mol. The van der Waals surface area contributed by atoms with Crippen molar-refractivity contribution in [3.8, 4) is 28.4 Å². The highest BCUT2D eigenvalue weighted by atomic mass is 16.5. The van der Waals surface area contributed by atoms with E-state index in [-0.39, 0.29) is 6.04 Å². The lowest BCUT2D eigenvalue weighted by Crippen LogP contribution is -2.38. The molecule has 6 nitrogen and oxygen atoms in total. The average molecular weight is 450 g/mol. The predicted molar refractivity (Wildman–Crippen MR) is 128 cm³/mol. The fraction of sp³-hybridized carbons (Fsp3) is 0.333. The van der Waals surface area contributed by atoms with Crippen molar-refractivity contribution in [1.82, 2.24) is 5.32 Å². The van der Waals surface area contributed by atoms with E-state index >= 15 is 0 Å². The van der Waals surface area contributed by atoms with Crippen molar-refractivity contribution in [2.75, 3.05) is 27.4 Å². The molecule has 1 fully saturated rings. The second kappa shape index (κ2) is 10.7. The molecule has 0 aliphatic carbocycles. The molecule has 0 aromatic heterocycles. The van der Waals surface area contributed by atoms with Gasteiger partial charge in [0.25, 0.3) is 0 Å². The van der Waals surface area contributed by atoms with Crippen LogP contribution in [-0.2, 0) is 17.9 Å². The van der Waals surface area contributed by atoms with Crippen molar-refractivity contribution in [3.05, 3.63) is 77.4 Å². The largest absolute Gasteiger partial charge is 0.496 e. The number of aliphatic hydroxyl groups is 1. The molecule has 1 aliphatic rings. The number of hydrogen-bond donors (Lipinski definition) is 2. The summed E-state index contributed by atoms with van der Waals surface area (Å²) in [6.45, 7) is 3.87. The second-order valence-corrected chi connectivity index (χ2v) is 8.14. The van der Waals surface area contributed by atoms with Crippen molar-refractivity contribution in [2.24, 2.45) is 0 Å². The fourth-order valence-electron chi connectivity index (χ4n) is 4.12. The Kier molecular flexibility index (Phi) is 7.50. The average Bonchev–Trinajstić information content (AvgIpc) is 3.26. The Hall–Kier alpha value is -3.06. The summed E-state index contributed by atoms with van der Waals surface area (Å²) in [5, 5.41) is 13.3. The topological polar surface area (TPSA) is 69.2 Å². The van der Waals surface area contributed by atoms with Gasteiger partial charge in [0, 0.05) is 18.7 Å². The van der Waals surface area contributed by atoms with Crippen LogP contribution in [0.5, 0.6) is 17.2 Å². The summed E-state index contributed by atoms with van der Waals surface area (Å²) < 4.78 is 22.7. The van der Waals surface area contributed by atoms with Gasteiger partial charge in [0.15, 0.2) is 0 Å². The fourth-order valence-corrected chi connectivity index (χ4v) is 4.12. The Morgan fingerprint density at radius 2 is 1.70 bits per heavy atom. The van der Waals surface area contributed by atoms with Crippen LogP contribution in [0.4, 0.5) is 0 Å². The highest BCUT2D eigenvalue weighted by molar-refractivity contribution is 5.68. The number of aliphatic hydroxyl groups excluding tert-OH is 1. The van der Waals surface area contributed by atoms with E-state index in [1.54, 1.807) is 14.2 Å². The maximum atomic E-state index is 9.99. The predicted octanol–water partition coefficient (Wildman–Crippen LogP) is 4.11. The van der Waals surface area contributed by atoms with Gasteiger partial charge in [0.05, 0.1) is 45.1 Å². The maximum Gasteiger partial charge on any atom is 0.130 e. The van der Waals surface area contributed by atoms with Crippen molar-refractivity contribution in [3.63, 3.8) is 0 Å². The molecule has 1 heterocycles. The van der Waals surface area contributed by atoms with Gasteiger partial charge < -0.3 is 29.4 Å². The van der Waals surface area contributed by atoms with Crippen LogP contribution in [0.15, 0.2) is 60.7 Å². The molecule has 33 heavy (non-hydrogen) atoms. The molecule has 0 unspecified atom stereocenters. The van der Waals surface area contributed by atoms with Crippen LogP contribution in [0, 0.1) is 6.92 Å². The van der Waals surface area contributed by atoms with Gasteiger partial charge in [-0.15, -0.1) is 0 Å². The Bertz CT molecular complexity index is 1040. The summed E-state index contributed by atoms with van der Waals surface area (Å²) in [6.07, 6.45) is -0.514. The lowest BCUT2D eigenvalue weighted by atomic mass is 9.97. The van der Waals surface area contributed by atoms with E-state index in [0.29, 0.717) is 43.6 Å².